The van der Waals surface area contributed by atoms with E-state index in [0.717, 1.165) is 22.8 Å². The second-order valence-electron chi connectivity index (χ2n) is 4.60. The second-order valence-corrected chi connectivity index (χ2v) is 6.17. The molecule has 0 amide bonds. The van der Waals surface area contributed by atoms with Crippen LogP contribution in [0.1, 0.15) is 19.7 Å². The molecule has 0 bridgehead atoms. The fourth-order valence-electron chi connectivity index (χ4n) is 1.60. The van der Waals surface area contributed by atoms with Gasteiger partial charge < -0.3 is 14.9 Å². The molecule has 1 aromatic carbocycles. The zero-order valence-electron chi connectivity index (χ0n) is 11.7. The first-order chi connectivity index (χ1) is 9.69. The Balaban J connectivity index is 2.00. The Bertz CT molecular complexity index is 525. The molecule has 0 saturated carbocycles. The molecule has 2 N–H and O–H groups in total. The molecule has 0 aliphatic rings. The minimum Gasteiger partial charge on any atom is -0.395 e. The summed E-state index contributed by atoms with van der Waals surface area (Å²) in [7, 11) is 0. The standard InChI is InChI=1S/C14H19N3O2S/c1-10(2)20-9-13-16-14(19-17-13)11-3-5-12(6-4-11)15-7-8-18/h3-6,10,15,18H,7-9H2,1-2H3. The third-order valence-corrected chi connectivity index (χ3v) is 3.68. The van der Waals surface area contributed by atoms with E-state index in [0.29, 0.717) is 17.7 Å². The molecule has 1 heterocycles. The summed E-state index contributed by atoms with van der Waals surface area (Å²) in [5, 5.41) is 16.4. The van der Waals surface area contributed by atoms with E-state index in [9.17, 15) is 0 Å². The highest BCUT2D eigenvalue weighted by Gasteiger charge is 2.09. The van der Waals surface area contributed by atoms with Crippen LogP contribution in [0.4, 0.5) is 5.69 Å². The first-order valence-corrected chi connectivity index (χ1v) is 7.63. The largest absolute Gasteiger partial charge is 0.395 e. The van der Waals surface area contributed by atoms with Crippen molar-refractivity contribution in [2.75, 3.05) is 18.5 Å². The second kappa shape index (κ2) is 7.31. The van der Waals surface area contributed by atoms with Gasteiger partial charge in [0, 0.05) is 17.8 Å². The van der Waals surface area contributed by atoms with Gasteiger partial charge in [0.05, 0.1) is 12.4 Å². The van der Waals surface area contributed by atoms with E-state index in [2.05, 4.69) is 29.3 Å². The van der Waals surface area contributed by atoms with Crippen molar-refractivity contribution < 1.29 is 9.63 Å². The number of anilines is 1. The van der Waals surface area contributed by atoms with Crippen LogP contribution in [-0.2, 0) is 5.75 Å². The van der Waals surface area contributed by atoms with Gasteiger partial charge in [-0.2, -0.15) is 16.7 Å². The molecule has 0 unspecified atom stereocenters. The maximum Gasteiger partial charge on any atom is 0.257 e. The maximum absolute atomic E-state index is 8.75. The van der Waals surface area contributed by atoms with Crippen molar-refractivity contribution in [2.24, 2.45) is 0 Å². The van der Waals surface area contributed by atoms with E-state index in [1.54, 1.807) is 11.8 Å². The summed E-state index contributed by atoms with van der Waals surface area (Å²) in [4.78, 5) is 4.39. The lowest BCUT2D eigenvalue weighted by Gasteiger charge is -2.03. The van der Waals surface area contributed by atoms with Crippen LogP contribution in [0.3, 0.4) is 0 Å². The predicted molar refractivity (Wildman–Crippen MR) is 81.7 cm³/mol. The first kappa shape index (κ1) is 14.9. The van der Waals surface area contributed by atoms with Crippen molar-refractivity contribution in [3.63, 3.8) is 0 Å². The molecule has 2 aromatic rings. The Kier molecular flexibility index (Phi) is 5.43. The molecule has 0 atom stereocenters. The number of nitrogens with zero attached hydrogens (tertiary/aromatic N) is 2. The lowest BCUT2D eigenvalue weighted by molar-refractivity contribution is 0.311. The first-order valence-electron chi connectivity index (χ1n) is 6.58. The number of aromatic nitrogens is 2. The van der Waals surface area contributed by atoms with E-state index >= 15 is 0 Å². The number of hydrogen-bond acceptors (Lipinski definition) is 6. The summed E-state index contributed by atoms with van der Waals surface area (Å²) in [6, 6.07) is 7.70. The SMILES string of the molecule is CC(C)SCc1noc(-c2ccc(NCCO)cc2)n1. The van der Waals surface area contributed by atoms with Crippen molar-refractivity contribution in [3.05, 3.63) is 30.1 Å². The Morgan fingerprint density at radius 1 is 1.30 bits per heavy atom. The lowest BCUT2D eigenvalue weighted by atomic mass is 10.2. The van der Waals surface area contributed by atoms with E-state index in [1.807, 2.05) is 24.3 Å². The van der Waals surface area contributed by atoms with Gasteiger partial charge in [0.25, 0.3) is 5.89 Å². The molecule has 5 nitrogen and oxygen atoms in total. The van der Waals surface area contributed by atoms with E-state index < -0.39 is 0 Å². The summed E-state index contributed by atoms with van der Waals surface area (Å²) in [6.07, 6.45) is 0. The lowest BCUT2D eigenvalue weighted by Crippen LogP contribution is -2.04. The summed E-state index contributed by atoms with van der Waals surface area (Å²) < 4.78 is 5.27. The third-order valence-electron chi connectivity index (χ3n) is 2.59. The van der Waals surface area contributed by atoms with E-state index in [-0.39, 0.29) is 6.61 Å². The smallest absolute Gasteiger partial charge is 0.257 e. The zero-order chi connectivity index (χ0) is 14.4. The van der Waals surface area contributed by atoms with Crippen LogP contribution < -0.4 is 5.32 Å². The molecule has 0 radical (unpaired) electrons. The average Bonchev–Trinajstić information content (AvgIpc) is 2.92. The monoisotopic (exact) mass is 293 g/mol. The molecule has 20 heavy (non-hydrogen) atoms. The molecule has 108 valence electrons. The number of nitrogens with one attached hydrogen (secondary N) is 1. The van der Waals surface area contributed by atoms with Gasteiger partial charge in [-0.05, 0) is 29.5 Å². The average molecular weight is 293 g/mol. The van der Waals surface area contributed by atoms with Crippen LogP contribution in [0.25, 0.3) is 11.5 Å². The summed E-state index contributed by atoms with van der Waals surface area (Å²) in [6.45, 7) is 4.94. The van der Waals surface area contributed by atoms with Crippen LogP contribution in [0.2, 0.25) is 0 Å². The zero-order valence-corrected chi connectivity index (χ0v) is 12.5. The van der Waals surface area contributed by atoms with Gasteiger partial charge in [0.15, 0.2) is 5.82 Å². The van der Waals surface area contributed by atoms with Crippen LogP contribution >= 0.6 is 11.8 Å². The number of hydrogen-bond donors (Lipinski definition) is 2. The molecule has 0 fully saturated rings. The molecular weight excluding hydrogens is 274 g/mol. The molecule has 1 aromatic heterocycles. The van der Waals surface area contributed by atoms with Gasteiger partial charge in [-0.15, -0.1) is 0 Å². The molecule has 0 aliphatic heterocycles. The van der Waals surface area contributed by atoms with Gasteiger partial charge in [-0.1, -0.05) is 19.0 Å². The molecule has 0 saturated heterocycles. The van der Waals surface area contributed by atoms with Gasteiger partial charge in [-0.3, -0.25) is 0 Å². The van der Waals surface area contributed by atoms with Crippen molar-refractivity contribution >= 4 is 17.4 Å². The quantitative estimate of drug-likeness (QED) is 0.818. The van der Waals surface area contributed by atoms with Gasteiger partial charge in [-0.25, -0.2) is 0 Å². The summed E-state index contributed by atoms with van der Waals surface area (Å²) >= 11 is 1.79. The number of rotatable bonds is 7. The van der Waals surface area contributed by atoms with Gasteiger partial charge in [0.2, 0.25) is 0 Å². The maximum atomic E-state index is 8.75. The van der Waals surface area contributed by atoms with Crippen LogP contribution in [0.15, 0.2) is 28.8 Å². The van der Waals surface area contributed by atoms with Gasteiger partial charge >= 0.3 is 0 Å². The molecule has 0 aliphatic carbocycles. The van der Waals surface area contributed by atoms with Crippen molar-refractivity contribution in [1.29, 1.82) is 0 Å². The summed E-state index contributed by atoms with van der Waals surface area (Å²) in [5.74, 6) is 2.02. The summed E-state index contributed by atoms with van der Waals surface area (Å²) in [5.41, 5.74) is 1.85. The van der Waals surface area contributed by atoms with Crippen molar-refractivity contribution in [2.45, 2.75) is 24.9 Å². The molecule has 0 spiro atoms. The number of aliphatic hydroxyl groups excluding tert-OH is 1. The van der Waals surface area contributed by atoms with E-state index in [4.69, 9.17) is 9.63 Å². The highest BCUT2D eigenvalue weighted by atomic mass is 32.2. The van der Waals surface area contributed by atoms with Gasteiger partial charge in [0.1, 0.15) is 0 Å². The topological polar surface area (TPSA) is 71.2 Å². The molecular formula is C14H19N3O2S. The van der Waals surface area contributed by atoms with Crippen molar-refractivity contribution in [1.82, 2.24) is 10.1 Å². The Morgan fingerprint density at radius 3 is 2.70 bits per heavy atom. The Labute approximate surface area is 122 Å². The molecule has 2 rings (SSSR count). The normalized spacial score (nSPS) is 11.0. The van der Waals surface area contributed by atoms with Crippen LogP contribution in [0, 0.1) is 0 Å². The highest BCUT2D eigenvalue weighted by molar-refractivity contribution is 7.99. The fourth-order valence-corrected chi connectivity index (χ4v) is 2.20. The molecule has 6 heteroatoms. The number of benzene rings is 1. The fraction of sp³-hybridized carbons (Fsp3) is 0.429. The van der Waals surface area contributed by atoms with Crippen LogP contribution in [-0.4, -0.2) is 33.6 Å². The predicted octanol–water partition coefficient (Wildman–Crippen LogP) is 2.78. The highest BCUT2D eigenvalue weighted by Crippen LogP contribution is 2.21. The number of aliphatic hydroxyl groups is 1. The van der Waals surface area contributed by atoms with Crippen LogP contribution in [0.5, 0.6) is 0 Å². The minimum absolute atomic E-state index is 0.113. The Morgan fingerprint density at radius 2 is 2.05 bits per heavy atom. The minimum atomic E-state index is 0.113. The van der Waals surface area contributed by atoms with E-state index in [1.165, 1.54) is 0 Å². The third kappa shape index (κ3) is 4.25. The Hall–Kier alpha value is -1.53. The number of thioether (sulfide) groups is 1. The van der Waals surface area contributed by atoms with Crippen molar-refractivity contribution in [3.8, 4) is 11.5 Å².